The molecule has 0 unspecified atom stereocenters. The fourth-order valence-electron chi connectivity index (χ4n) is 1.77. The third-order valence-electron chi connectivity index (χ3n) is 2.84. The first kappa shape index (κ1) is 14.4. The van der Waals surface area contributed by atoms with Crippen LogP contribution < -0.4 is 5.32 Å². The van der Waals surface area contributed by atoms with Crippen molar-refractivity contribution in [2.24, 2.45) is 0 Å². The predicted molar refractivity (Wildman–Crippen MR) is 83.7 cm³/mol. The molecule has 0 aliphatic heterocycles. The Morgan fingerprint density at radius 2 is 1.74 bits per heavy atom. The van der Waals surface area contributed by atoms with Gasteiger partial charge >= 0.3 is 0 Å². The summed E-state index contributed by atoms with van der Waals surface area (Å²) in [6.07, 6.45) is 0.699. The minimum atomic E-state index is 0.186. The van der Waals surface area contributed by atoms with Gasteiger partial charge in [0.05, 0.1) is 5.02 Å². The Labute approximate surface area is 126 Å². The highest BCUT2D eigenvalue weighted by atomic mass is 79.9. The third kappa shape index (κ3) is 4.23. The molecule has 0 saturated heterocycles. The van der Waals surface area contributed by atoms with Crippen LogP contribution in [0.25, 0.3) is 0 Å². The fraction of sp³-hybridized carbons (Fsp3) is 0.200. The standard InChI is InChI=1S/C15H15BrClNO/c16-14-9-12(3-6-15(14)17)10-18-13-4-1-11(2-5-13)7-8-19/h1-6,9,18-19H,7-8,10H2. The van der Waals surface area contributed by atoms with Crippen molar-refractivity contribution < 1.29 is 5.11 Å². The molecule has 0 aliphatic rings. The molecule has 2 aromatic rings. The van der Waals surface area contributed by atoms with Gasteiger partial charge in [0.2, 0.25) is 0 Å². The van der Waals surface area contributed by atoms with E-state index in [0.717, 1.165) is 32.9 Å². The highest BCUT2D eigenvalue weighted by molar-refractivity contribution is 9.10. The first-order chi connectivity index (χ1) is 9.19. The van der Waals surface area contributed by atoms with Crippen molar-refractivity contribution in [3.8, 4) is 0 Å². The number of hydrogen-bond donors (Lipinski definition) is 2. The molecule has 2 aromatic carbocycles. The molecule has 0 fully saturated rings. The van der Waals surface area contributed by atoms with Crippen molar-refractivity contribution >= 4 is 33.2 Å². The zero-order chi connectivity index (χ0) is 13.7. The molecule has 0 radical (unpaired) electrons. The highest BCUT2D eigenvalue weighted by Crippen LogP contribution is 2.23. The monoisotopic (exact) mass is 339 g/mol. The molecule has 0 bridgehead atoms. The Hall–Kier alpha value is -1.03. The SMILES string of the molecule is OCCc1ccc(NCc2ccc(Cl)c(Br)c2)cc1. The van der Waals surface area contributed by atoms with Gasteiger partial charge in [-0.15, -0.1) is 0 Å². The number of aliphatic hydroxyl groups is 1. The number of aliphatic hydroxyl groups excluding tert-OH is 1. The molecule has 100 valence electrons. The molecule has 2 nitrogen and oxygen atoms in total. The Morgan fingerprint density at radius 3 is 2.37 bits per heavy atom. The first-order valence-electron chi connectivity index (χ1n) is 6.06. The predicted octanol–water partition coefficient (Wildman–Crippen LogP) is 4.25. The van der Waals surface area contributed by atoms with Crippen molar-refractivity contribution in [2.75, 3.05) is 11.9 Å². The lowest BCUT2D eigenvalue weighted by Crippen LogP contribution is -1.99. The van der Waals surface area contributed by atoms with Crippen LogP contribution in [-0.4, -0.2) is 11.7 Å². The molecule has 0 aliphatic carbocycles. The summed E-state index contributed by atoms with van der Waals surface area (Å²) >= 11 is 9.37. The number of nitrogens with one attached hydrogen (secondary N) is 1. The maximum atomic E-state index is 8.86. The molecular formula is C15H15BrClNO. The lowest BCUT2D eigenvalue weighted by molar-refractivity contribution is 0.299. The van der Waals surface area contributed by atoms with Crippen LogP contribution in [0.1, 0.15) is 11.1 Å². The molecular weight excluding hydrogens is 326 g/mol. The molecule has 0 saturated carbocycles. The summed E-state index contributed by atoms with van der Waals surface area (Å²) in [5.41, 5.74) is 3.37. The second kappa shape index (κ2) is 6.94. The highest BCUT2D eigenvalue weighted by Gasteiger charge is 1.99. The maximum absolute atomic E-state index is 8.86. The third-order valence-corrected chi connectivity index (χ3v) is 4.05. The lowest BCUT2D eigenvalue weighted by Gasteiger charge is -2.08. The van der Waals surface area contributed by atoms with E-state index in [2.05, 4.69) is 21.2 Å². The van der Waals surface area contributed by atoms with E-state index >= 15 is 0 Å². The molecule has 0 spiro atoms. The van der Waals surface area contributed by atoms with Crippen LogP contribution in [0.5, 0.6) is 0 Å². The van der Waals surface area contributed by atoms with Crippen LogP contribution in [0.2, 0.25) is 5.02 Å². The number of hydrogen-bond acceptors (Lipinski definition) is 2. The summed E-state index contributed by atoms with van der Waals surface area (Å²) in [7, 11) is 0. The second-order valence-corrected chi connectivity index (χ2v) is 5.53. The van der Waals surface area contributed by atoms with Gasteiger partial charge in [-0.2, -0.15) is 0 Å². The quantitative estimate of drug-likeness (QED) is 0.853. The van der Waals surface area contributed by atoms with Crippen LogP contribution in [-0.2, 0) is 13.0 Å². The van der Waals surface area contributed by atoms with Crippen LogP contribution in [0, 0.1) is 0 Å². The molecule has 0 heterocycles. The van der Waals surface area contributed by atoms with Gasteiger partial charge in [-0.05, 0) is 57.7 Å². The number of anilines is 1. The van der Waals surface area contributed by atoms with E-state index in [9.17, 15) is 0 Å². The van der Waals surface area contributed by atoms with E-state index in [-0.39, 0.29) is 6.61 Å². The zero-order valence-electron chi connectivity index (χ0n) is 10.4. The van der Waals surface area contributed by atoms with E-state index in [4.69, 9.17) is 16.7 Å². The largest absolute Gasteiger partial charge is 0.396 e. The second-order valence-electron chi connectivity index (χ2n) is 4.27. The first-order valence-corrected chi connectivity index (χ1v) is 7.24. The molecule has 2 N–H and O–H groups in total. The summed E-state index contributed by atoms with van der Waals surface area (Å²) in [5.74, 6) is 0. The Bertz CT molecular complexity index is 542. The molecule has 19 heavy (non-hydrogen) atoms. The Kier molecular flexibility index (Phi) is 5.25. The van der Waals surface area contributed by atoms with Crippen molar-refractivity contribution in [3.05, 3.63) is 63.1 Å². The number of halogens is 2. The summed E-state index contributed by atoms with van der Waals surface area (Å²) in [5, 5.41) is 12.9. The van der Waals surface area contributed by atoms with Gasteiger partial charge in [-0.1, -0.05) is 29.8 Å². The molecule has 0 aromatic heterocycles. The normalized spacial score (nSPS) is 10.5. The van der Waals surface area contributed by atoms with Crippen molar-refractivity contribution in [1.29, 1.82) is 0 Å². The Balaban J connectivity index is 1.96. The lowest BCUT2D eigenvalue weighted by atomic mass is 10.1. The number of benzene rings is 2. The van der Waals surface area contributed by atoms with Crippen molar-refractivity contribution in [2.45, 2.75) is 13.0 Å². The summed E-state index contributed by atoms with van der Waals surface area (Å²) in [6, 6.07) is 14.0. The number of rotatable bonds is 5. The van der Waals surface area contributed by atoms with Gasteiger partial charge in [0, 0.05) is 23.3 Å². The van der Waals surface area contributed by atoms with Gasteiger partial charge in [0.1, 0.15) is 0 Å². The minimum absolute atomic E-state index is 0.186. The summed E-state index contributed by atoms with van der Waals surface area (Å²) in [6.45, 7) is 0.931. The molecule has 0 amide bonds. The van der Waals surface area contributed by atoms with Crippen LogP contribution in [0.4, 0.5) is 5.69 Å². The van der Waals surface area contributed by atoms with E-state index in [1.165, 1.54) is 0 Å². The van der Waals surface area contributed by atoms with Gasteiger partial charge in [-0.25, -0.2) is 0 Å². The van der Waals surface area contributed by atoms with E-state index < -0.39 is 0 Å². The van der Waals surface area contributed by atoms with Gasteiger partial charge in [-0.3, -0.25) is 0 Å². The van der Waals surface area contributed by atoms with Crippen LogP contribution in [0.15, 0.2) is 46.9 Å². The van der Waals surface area contributed by atoms with E-state index in [1.807, 2.05) is 42.5 Å². The zero-order valence-corrected chi connectivity index (χ0v) is 12.7. The average molecular weight is 341 g/mol. The van der Waals surface area contributed by atoms with E-state index in [1.54, 1.807) is 0 Å². The van der Waals surface area contributed by atoms with E-state index in [0.29, 0.717) is 6.42 Å². The topological polar surface area (TPSA) is 32.3 Å². The average Bonchev–Trinajstić information content (AvgIpc) is 2.42. The van der Waals surface area contributed by atoms with Gasteiger partial charge in [0.25, 0.3) is 0 Å². The van der Waals surface area contributed by atoms with Gasteiger partial charge < -0.3 is 10.4 Å². The van der Waals surface area contributed by atoms with Crippen LogP contribution >= 0.6 is 27.5 Å². The van der Waals surface area contributed by atoms with Crippen molar-refractivity contribution in [3.63, 3.8) is 0 Å². The van der Waals surface area contributed by atoms with Crippen LogP contribution in [0.3, 0.4) is 0 Å². The smallest absolute Gasteiger partial charge is 0.0548 e. The molecule has 2 rings (SSSR count). The summed E-state index contributed by atoms with van der Waals surface area (Å²) < 4.78 is 0.909. The van der Waals surface area contributed by atoms with Gasteiger partial charge in [0.15, 0.2) is 0 Å². The maximum Gasteiger partial charge on any atom is 0.0548 e. The molecule has 4 heteroatoms. The Morgan fingerprint density at radius 1 is 1.05 bits per heavy atom. The summed E-state index contributed by atoms with van der Waals surface area (Å²) in [4.78, 5) is 0. The van der Waals surface area contributed by atoms with Crippen molar-refractivity contribution in [1.82, 2.24) is 0 Å². The minimum Gasteiger partial charge on any atom is -0.396 e. The molecule has 0 atom stereocenters. The fourth-order valence-corrected chi connectivity index (χ4v) is 2.32.